The first-order valence-electron chi connectivity index (χ1n) is 6.61. The molecule has 2 aromatic rings. The number of benzene rings is 1. The zero-order valence-corrected chi connectivity index (χ0v) is 14.2. The maximum absolute atomic E-state index is 3.88. The van der Waals surface area contributed by atoms with Crippen LogP contribution in [-0.2, 0) is 18.6 Å². The Hall–Kier alpha value is -0.250. The van der Waals surface area contributed by atoms with Crippen LogP contribution in [0.5, 0.6) is 0 Å². The molecule has 0 N–H and O–H groups in total. The van der Waals surface area contributed by atoms with Gasteiger partial charge in [0.1, 0.15) is 0 Å². The Balaban J connectivity index is 1.76. The second kappa shape index (κ2) is 6.02. The first kappa shape index (κ1) is 13.7. The van der Waals surface area contributed by atoms with E-state index in [1.165, 1.54) is 33.9 Å². The Labute approximate surface area is 131 Å². The SMILES string of the molecule is Cc1cccc(CC(Br)c2cc3c(s2)CCSC3)c1. The first-order chi connectivity index (χ1) is 9.22. The van der Waals surface area contributed by atoms with Crippen molar-refractivity contribution in [2.75, 3.05) is 5.75 Å². The highest BCUT2D eigenvalue weighted by Crippen LogP contribution is 2.38. The van der Waals surface area contributed by atoms with Crippen LogP contribution in [0.3, 0.4) is 0 Å². The third-order valence-corrected chi connectivity index (χ3v) is 6.93. The minimum absolute atomic E-state index is 0.454. The van der Waals surface area contributed by atoms with Gasteiger partial charge >= 0.3 is 0 Å². The van der Waals surface area contributed by atoms with Gasteiger partial charge in [0.25, 0.3) is 0 Å². The summed E-state index contributed by atoms with van der Waals surface area (Å²) in [4.78, 5) is 3.56. The van der Waals surface area contributed by atoms with E-state index in [1.54, 1.807) is 10.4 Å². The fraction of sp³-hybridized carbons (Fsp3) is 0.375. The first-order valence-corrected chi connectivity index (χ1v) is 9.50. The second-order valence-electron chi connectivity index (χ2n) is 5.06. The van der Waals surface area contributed by atoms with Crippen molar-refractivity contribution in [3.63, 3.8) is 0 Å². The molecule has 1 aliphatic heterocycles. The topological polar surface area (TPSA) is 0 Å². The number of halogens is 1. The Morgan fingerprint density at radius 3 is 3.00 bits per heavy atom. The minimum atomic E-state index is 0.454. The van der Waals surface area contributed by atoms with Gasteiger partial charge in [-0.2, -0.15) is 11.8 Å². The summed E-state index contributed by atoms with van der Waals surface area (Å²) in [6.07, 6.45) is 2.34. The van der Waals surface area contributed by atoms with Gasteiger partial charge in [0.15, 0.2) is 0 Å². The Bertz CT molecular complexity index is 550. The third kappa shape index (κ3) is 3.26. The van der Waals surface area contributed by atoms with Gasteiger partial charge in [-0.3, -0.25) is 0 Å². The van der Waals surface area contributed by atoms with Gasteiger partial charge in [-0.1, -0.05) is 45.8 Å². The van der Waals surface area contributed by atoms with Crippen LogP contribution in [0.15, 0.2) is 30.3 Å². The molecular weight excluding hydrogens is 336 g/mol. The van der Waals surface area contributed by atoms with Crippen LogP contribution < -0.4 is 0 Å². The molecule has 0 saturated carbocycles. The Morgan fingerprint density at radius 2 is 2.21 bits per heavy atom. The molecule has 0 spiro atoms. The summed E-state index contributed by atoms with van der Waals surface area (Å²) in [7, 11) is 0. The standard InChI is InChI=1S/C16H17BrS2/c1-11-3-2-4-12(7-11)8-14(17)16-9-13-10-18-6-5-15(13)19-16/h2-4,7,9,14H,5-6,8,10H2,1H3. The van der Waals surface area contributed by atoms with Gasteiger partial charge in [-0.05, 0) is 42.7 Å². The molecule has 3 rings (SSSR count). The lowest BCUT2D eigenvalue weighted by Gasteiger charge is -2.08. The molecule has 1 atom stereocenters. The van der Waals surface area contributed by atoms with E-state index < -0.39 is 0 Å². The summed E-state index contributed by atoms with van der Waals surface area (Å²) in [6.45, 7) is 2.16. The van der Waals surface area contributed by atoms with Crippen LogP contribution in [0, 0.1) is 6.92 Å². The lowest BCUT2D eigenvalue weighted by Crippen LogP contribution is -1.96. The molecule has 2 heterocycles. The Morgan fingerprint density at radius 1 is 1.32 bits per heavy atom. The number of fused-ring (bicyclic) bond motifs is 1. The molecular formula is C16H17BrS2. The average molecular weight is 353 g/mol. The molecule has 100 valence electrons. The fourth-order valence-corrected chi connectivity index (χ4v) is 5.61. The third-order valence-electron chi connectivity index (χ3n) is 3.45. The van der Waals surface area contributed by atoms with Crippen molar-refractivity contribution in [2.45, 2.75) is 30.3 Å². The second-order valence-corrected chi connectivity index (χ2v) is 8.44. The van der Waals surface area contributed by atoms with Gasteiger partial charge in [0, 0.05) is 15.5 Å². The summed E-state index contributed by atoms with van der Waals surface area (Å²) >= 11 is 7.94. The van der Waals surface area contributed by atoms with E-state index in [4.69, 9.17) is 0 Å². The molecule has 0 saturated heterocycles. The lowest BCUT2D eigenvalue weighted by molar-refractivity contribution is 0.966. The van der Waals surface area contributed by atoms with Gasteiger partial charge in [0.2, 0.25) is 0 Å². The number of hydrogen-bond donors (Lipinski definition) is 0. The number of aryl methyl sites for hydroxylation is 2. The summed E-state index contributed by atoms with van der Waals surface area (Å²) < 4.78 is 0. The predicted molar refractivity (Wildman–Crippen MR) is 90.7 cm³/mol. The van der Waals surface area contributed by atoms with E-state index in [0.717, 1.165) is 6.42 Å². The molecule has 1 aromatic carbocycles. The Kier molecular flexibility index (Phi) is 4.35. The van der Waals surface area contributed by atoms with Crippen LogP contribution >= 0.6 is 39.0 Å². The van der Waals surface area contributed by atoms with E-state index in [1.807, 2.05) is 11.3 Å². The number of thioether (sulfide) groups is 1. The van der Waals surface area contributed by atoms with E-state index in [-0.39, 0.29) is 0 Å². The van der Waals surface area contributed by atoms with Gasteiger partial charge in [-0.15, -0.1) is 11.3 Å². The molecule has 1 aromatic heterocycles. The van der Waals surface area contributed by atoms with Crippen LogP contribution in [-0.4, -0.2) is 5.75 Å². The van der Waals surface area contributed by atoms with Crippen molar-refractivity contribution >= 4 is 39.0 Å². The fourth-order valence-electron chi connectivity index (χ4n) is 2.47. The molecule has 0 bridgehead atoms. The van der Waals surface area contributed by atoms with Crippen molar-refractivity contribution in [1.29, 1.82) is 0 Å². The monoisotopic (exact) mass is 352 g/mol. The molecule has 3 heteroatoms. The van der Waals surface area contributed by atoms with Crippen molar-refractivity contribution in [2.24, 2.45) is 0 Å². The minimum Gasteiger partial charge on any atom is -0.157 e. The summed E-state index contributed by atoms with van der Waals surface area (Å²) in [6, 6.07) is 11.2. The normalized spacial score (nSPS) is 16.1. The van der Waals surface area contributed by atoms with Crippen molar-refractivity contribution in [3.8, 4) is 0 Å². The summed E-state index contributed by atoms with van der Waals surface area (Å²) in [5, 5.41) is 0. The van der Waals surface area contributed by atoms with Crippen molar-refractivity contribution in [1.82, 2.24) is 0 Å². The summed E-state index contributed by atoms with van der Waals surface area (Å²) in [5.74, 6) is 2.49. The molecule has 19 heavy (non-hydrogen) atoms. The number of alkyl halides is 1. The summed E-state index contributed by atoms with van der Waals surface area (Å²) in [5.41, 5.74) is 4.34. The average Bonchev–Trinajstić information content (AvgIpc) is 2.82. The van der Waals surface area contributed by atoms with Crippen LogP contribution in [0.2, 0.25) is 0 Å². The number of rotatable bonds is 3. The number of hydrogen-bond acceptors (Lipinski definition) is 2. The molecule has 0 radical (unpaired) electrons. The van der Waals surface area contributed by atoms with Crippen LogP contribution in [0.4, 0.5) is 0 Å². The van der Waals surface area contributed by atoms with E-state index >= 15 is 0 Å². The zero-order valence-electron chi connectivity index (χ0n) is 11.0. The molecule has 1 aliphatic rings. The maximum Gasteiger partial charge on any atom is 0.0529 e. The lowest BCUT2D eigenvalue weighted by atomic mass is 10.1. The highest BCUT2D eigenvalue weighted by molar-refractivity contribution is 9.09. The van der Waals surface area contributed by atoms with E-state index in [9.17, 15) is 0 Å². The molecule has 0 amide bonds. The predicted octanol–water partition coefficient (Wildman–Crippen LogP) is 5.52. The molecule has 0 nitrogen and oxygen atoms in total. The van der Waals surface area contributed by atoms with E-state index in [0.29, 0.717) is 4.83 Å². The van der Waals surface area contributed by atoms with Crippen LogP contribution in [0.25, 0.3) is 0 Å². The molecule has 0 fully saturated rings. The van der Waals surface area contributed by atoms with E-state index in [2.05, 4.69) is 64.9 Å². The van der Waals surface area contributed by atoms with Gasteiger partial charge in [0.05, 0.1) is 4.83 Å². The molecule has 1 unspecified atom stereocenters. The van der Waals surface area contributed by atoms with Crippen molar-refractivity contribution in [3.05, 3.63) is 56.8 Å². The van der Waals surface area contributed by atoms with Crippen LogP contribution in [0.1, 0.15) is 31.3 Å². The largest absolute Gasteiger partial charge is 0.157 e. The maximum atomic E-state index is 3.88. The van der Waals surface area contributed by atoms with Gasteiger partial charge < -0.3 is 0 Å². The van der Waals surface area contributed by atoms with Gasteiger partial charge in [-0.25, -0.2) is 0 Å². The zero-order chi connectivity index (χ0) is 13.2. The highest BCUT2D eigenvalue weighted by atomic mass is 79.9. The molecule has 0 aliphatic carbocycles. The smallest absolute Gasteiger partial charge is 0.0529 e. The number of thiophene rings is 1. The van der Waals surface area contributed by atoms with Crippen molar-refractivity contribution < 1.29 is 0 Å². The highest BCUT2D eigenvalue weighted by Gasteiger charge is 2.18. The quantitative estimate of drug-likeness (QED) is 0.654.